The lowest BCUT2D eigenvalue weighted by molar-refractivity contribution is 0.606. The molecule has 0 saturated heterocycles. The van der Waals surface area contributed by atoms with E-state index in [-0.39, 0.29) is 6.04 Å². The summed E-state index contributed by atoms with van der Waals surface area (Å²) in [5.41, 5.74) is 1.99. The highest BCUT2D eigenvalue weighted by Gasteiger charge is 2.19. The minimum Gasteiger partial charge on any atom is -0.308 e. The first kappa shape index (κ1) is 12.4. The van der Waals surface area contributed by atoms with E-state index in [0.717, 1.165) is 11.3 Å². The van der Waals surface area contributed by atoms with Crippen molar-refractivity contribution < 1.29 is 0 Å². The molecule has 1 aromatic heterocycles. The van der Waals surface area contributed by atoms with Crippen molar-refractivity contribution in [2.24, 2.45) is 7.05 Å². The summed E-state index contributed by atoms with van der Waals surface area (Å²) in [6.07, 6.45) is 1.64. The molecule has 17 heavy (non-hydrogen) atoms. The van der Waals surface area contributed by atoms with Crippen LogP contribution in [0.25, 0.3) is 0 Å². The van der Waals surface area contributed by atoms with Crippen molar-refractivity contribution in [3.05, 3.63) is 51.8 Å². The number of hydrogen-bond donors (Lipinski definition) is 1. The van der Waals surface area contributed by atoms with E-state index in [2.05, 4.69) is 10.4 Å². The van der Waals surface area contributed by atoms with Gasteiger partial charge in [-0.05, 0) is 24.7 Å². The third-order valence-electron chi connectivity index (χ3n) is 2.68. The Morgan fingerprint density at radius 2 is 2.12 bits per heavy atom. The van der Waals surface area contributed by atoms with E-state index >= 15 is 0 Å². The second kappa shape index (κ2) is 5.08. The summed E-state index contributed by atoms with van der Waals surface area (Å²) in [5.74, 6) is 0. The Hall–Kier alpha value is -1.03. The zero-order chi connectivity index (χ0) is 12.4. The number of benzene rings is 1. The van der Waals surface area contributed by atoms with Crippen LogP contribution in [0.3, 0.4) is 0 Å². The summed E-state index contributed by atoms with van der Waals surface area (Å²) in [7, 11) is 3.75. The van der Waals surface area contributed by atoms with Crippen molar-refractivity contribution in [1.82, 2.24) is 15.1 Å². The molecule has 0 aliphatic heterocycles. The second-order valence-corrected chi connectivity index (χ2v) is 4.62. The van der Waals surface area contributed by atoms with Crippen LogP contribution in [-0.4, -0.2) is 16.8 Å². The zero-order valence-corrected chi connectivity index (χ0v) is 11.1. The molecule has 0 aliphatic rings. The van der Waals surface area contributed by atoms with E-state index in [1.807, 2.05) is 38.4 Å². The molecule has 2 rings (SSSR count). The highest BCUT2D eigenvalue weighted by atomic mass is 35.5. The maximum absolute atomic E-state index is 6.15. The fourth-order valence-corrected chi connectivity index (χ4v) is 2.37. The largest absolute Gasteiger partial charge is 0.308 e. The number of halogens is 2. The predicted octanol–water partition coefficient (Wildman–Crippen LogP) is 3.04. The first-order chi connectivity index (χ1) is 8.13. The van der Waals surface area contributed by atoms with Crippen LogP contribution in [0.1, 0.15) is 17.3 Å². The minimum atomic E-state index is -0.0197. The number of aryl methyl sites for hydroxylation is 1. The molecule has 2 aromatic rings. The van der Waals surface area contributed by atoms with Crippen molar-refractivity contribution >= 4 is 23.2 Å². The van der Waals surface area contributed by atoms with E-state index in [4.69, 9.17) is 23.2 Å². The Morgan fingerprint density at radius 3 is 2.65 bits per heavy atom. The van der Waals surface area contributed by atoms with Gasteiger partial charge in [0.05, 0.1) is 23.0 Å². The average molecular weight is 270 g/mol. The lowest BCUT2D eigenvalue weighted by Gasteiger charge is -2.17. The molecule has 0 amide bonds. The molecule has 1 unspecified atom stereocenters. The van der Waals surface area contributed by atoms with Gasteiger partial charge in [0.2, 0.25) is 0 Å². The maximum atomic E-state index is 6.15. The first-order valence-corrected chi connectivity index (χ1v) is 5.99. The van der Waals surface area contributed by atoms with E-state index in [9.17, 15) is 0 Å². The van der Waals surface area contributed by atoms with Crippen LogP contribution in [0.5, 0.6) is 0 Å². The van der Waals surface area contributed by atoms with Gasteiger partial charge in [0.1, 0.15) is 0 Å². The van der Waals surface area contributed by atoms with E-state index in [1.165, 1.54) is 0 Å². The lowest BCUT2D eigenvalue weighted by atomic mass is 10.0. The van der Waals surface area contributed by atoms with Gasteiger partial charge in [-0.25, -0.2) is 0 Å². The molecule has 90 valence electrons. The number of rotatable bonds is 3. The molecule has 0 aliphatic carbocycles. The summed E-state index contributed by atoms with van der Waals surface area (Å²) in [6.45, 7) is 0. The summed E-state index contributed by atoms with van der Waals surface area (Å²) >= 11 is 12.2. The Kier molecular flexibility index (Phi) is 3.72. The third kappa shape index (κ3) is 2.46. The lowest BCUT2D eigenvalue weighted by Crippen LogP contribution is -2.21. The van der Waals surface area contributed by atoms with Crippen LogP contribution in [0, 0.1) is 0 Å². The molecule has 0 fully saturated rings. The van der Waals surface area contributed by atoms with Gasteiger partial charge in [0.15, 0.2) is 0 Å². The summed E-state index contributed by atoms with van der Waals surface area (Å²) in [5, 5.41) is 8.72. The first-order valence-electron chi connectivity index (χ1n) is 5.23. The summed E-state index contributed by atoms with van der Waals surface area (Å²) < 4.78 is 1.77. The van der Waals surface area contributed by atoms with Crippen molar-refractivity contribution in [3.63, 3.8) is 0 Å². The minimum absolute atomic E-state index is 0.0197. The molecular formula is C12H13Cl2N3. The standard InChI is InChI=1S/C12H13Cl2N3/c1-15-11(8-4-3-5-9(13)6-8)12-10(14)7-16-17(12)2/h3-7,11,15H,1-2H3. The van der Waals surface area contributed by atoms with Crippen LogP contribution in [0.4, 0.5) is 0 Å². The Labute approximate surface area is 110 Å². The Balaban J connectivity index is 2.47. The molecule has 0 saturated carbocycles. The van der Waals surface area contributed by atoms with Gasteiger partial charge in [-0.2, -0.15) is 5.10 Å². The van der Waals surface area contributed by atoms with E-state index < -0.39 is 0 Å². The van der Waals surface area contributed by atoms with Gasteiger partial charge in [-0.15, -0.1) is 0 Å². The fourth-order valence-electron chi connectivity index (χ4n) is 1.89. The Bertz CT molecular complexity index is 503. The highest BCUT2D eigenvalue weighted by molar-refractivity contribution is 6.31. The van der Waals surface area contributed by atoms with Crippen molar-refractivity contribution in [1.29, 1.82) is 0 Å². The predicted molar refractivity (Wildman–Crippen MR) is 70.6 cm³/mol. The normalized spacial score (nSPS) is 12.7. The quantitative estimate of drug-likeness (QED) is 0.929. The molecule has 5 heteroatoms. The summed E-state index contributed by atoms with van der Waals surface area (Å²) in [6, 6.07) is 7.69. The molecule has 0 bridgehead atoms. The van der Waals surface area contributed by atoms with Gasteiger partial charge in [-0.3, -0.25) is 4.68 Å². The number of nitrogens with zero attached hydrogens (tertiary/aromatic N) is 2. The van der Waals surface area contributed by atoms with Crippen molar-refractivity contribution in [2.45, 2.75) is 6.04 Å². The highest BCUT2D eigenvalue weighted by Crippen LogP contribution is 2.28. The van der Waals surface area contributed by atoms with Crippen LogP contribution in [0.2, 0.25) is 10.0 Å². The van der Waals surface area contributed by atoms with Crippen LogP contribution in [-0.2, 0) is 7.05 Å². The molecule has 1 atom stereocenters. The van der Waals surface area contributed by atoms with Gasteiger partial charge in [0.25, 0.3) is 0 Å². The monoisotopic (exact) mass is 269 g/mol. The fraction of sp³-hybridized carbons (Fsp3) is 0.250. The van der Waals surface area contributed by atoms with Crippen molar-refractivity contribution in [3.8, 4) is 0 Å². The second-order valence-electron chi connectivity index (χ2n) is 3.78. The van der Waals surface area contributed by atoms with Gasteiger partial charge >= 0.3 is 0 Å². The zero-order valence-electron chi connectivity index (χ0n) is 9.61. The van der Waals surface area contributed by atoms with E-state index in [1.54, 1.807) is 10.9 Å². The molecule has 3 nitrogen and oxygen atoms in total. The molecular weight excluding hydrogens is 257 g/mol. The van der Waals surface area contributed by atoms with Crippen LogP contribution >= 0.6 is 23.2 Å². The Morgan fingerprint density at radius 1 is 1.35 bits per heavy atom. The smallest absolute Gasteiger partial charge is 0.0837 e. The van der Waals surface area contributed by atoms with Gasteiger partial charge in [-0.1, -0.05) is 35.3 Å². The topological polar surface area (TPSA) is 29.9 Å². The van der Waals surface area contributed by atoms with Crippen LogP contribution in [0.15, 0.2) is 30.5 Å². The average Bonchev–Trinajstić information content (AvgIpc) is 2.62. The molecule has 0 radical (unpaired) electrons. The molecule has 1 heterocycles. The molecule has 1 aromatic carbocycles. The summed E-state index contributed by atoms with van der Waals surface area (Å²) in [4.78, 5) is 0. The SMILES string of the molecule is CNC(c1cccc(Cl)c1)c1c(Cl)cnn1C. The number of hydrogen-bond acceptors (Lipinski definition) is 2. The molecule has 0 spiro atoms. The van der Waals surface area contributed by atoms with Gasteiger partial charge < -0.3 is 5.32 Å². The third-order valence-corrected chi connectivity index (χ3v) is 3.21. The van der Waals surface area contributed by atoms with Crippen LogP contribution < -0.4 is 5.32 Å². The van der Waals surface area contributed by atoms with E-state index in [0.29, 0.717) is 10.0 Å². The molecule has 1 N–H and O–H groups in total. The number of nitrogens with one attached hydrogen (secondary N) is 1. The van der Waals surface area contributed by atoms with Crippen molar-refractivity contribution in [2.75, 3.05) is 7.05 Å². The maximum Gasteiger partial charge on any atom is 0.0837 e. The number of aromatic nitrogens is 2. The van der Waals surface area contributed by atoms with Gasteiger partial charge in [0, 0.05) is 12.1 Å².